The van der Waals surface area contributed by atoms with Gasteiger partial charge in [-0.25, -0.2) is 0 Å². The fraction of sp³-hybridized carbons (Fsp3) is 0.154. The minimum Gasteiger partial charge on any atom is -0.307 e. The highest BCUT2D eigenvalue weighted by Gasteiger charge is 2.47. The van der Waals surface area contributed by atoms with Gasteiger partial charge in [0.05, 0.1) is 22.7 Å². The second-order valence-electron chi connectivity index (χ2n) is 17.1. The molecular weight excluding hydrogens is 674 g/mol. The van der Waals surface area contributed by atoms with Crippen LogP contribution in [0.5, 0.6) is 0 Å². The van der Waals surface area contributed by atoms with Crippen molar-refractivity contribution in [1.29, 1.82) is 0 Å². The summed E-state index contributed by atoms with van der Waals surface area (Å²) in [4.78, 5) is 5.26. The van der Waals surface area contributed by atoms with E-state index in [2.05, 4.69) is 187 Å². The number of hydrogen-bond donors (Lipinski definition) is 0. The number of anilines is 6. The summed E-state index contributed by atoms with van der Waals surface area (Å²) in [6.07, 6.45) is 0. The molecule has 0 bridgehead atoms. The molecule has 0 N–H and O–H groups in total. The SMILES string of the molecule is Cc1cc(C)c(B2c3cc4cc(C)ccc4cc3N3c4cccc5c4N(c4cc6ccc(C)cc6cc4B5c4c(C)cc(C)cc4C)c4cccc2c43)c(C)c1. The minimum atomic E-state index is 0.0842. The molecule has 0 unspecified atom stereocenters. The summed E-state index contributed by atoms with van der Waals surface area (Å²) in [6.45, 7) is 18.3. The van der Waals surface area contributed by atoms with Crippen molar-refractivity contribution in [1.82, 2.24) is 0 Å². The van der Waals surface area contributed by atoms with Crippen LogP contribution in [-0.2, 0) is 0 Å². The molecule has 8 aromatic carbocycles. The molecule has 0 aliphatic carbocycles. The second kappa shape index (κ2) is 11.8. The Balaban J connectivity index is 1.28. The molecule has 0 amide bonds. The Morgan fingerprint density at radius 1 is 0.321 bits per heavy atom. The van der Waals surface area contributed by atoms with Crippen molar-refractivity contribution in [3.8, 4) is 0 Å². The Bertz CT molecular complexity index is 2800. The molecule has 56 heavy (non-hydrogen) atoms. The van der Waals surface area contributed by atoms with E-state index in [4.69, 9.17) is 0 Å². The zero-order valence-electron chi connectivity index (χ0n) is 33.6. The summed E-state index contributed by atoms with van der Waals surface area (Å²) in [7, 11) is 0. The molecule has 11 rings (SSSR count). The number of fused-ring (bicyclic) bond motifs is 8. The highest BCUT2D eigenvalue weighted by Crippen LogP contribution is 2.55. The van der Waals surface area contributed by atoms with Crippen molar-refractivity contribution >= 4 is 102 Å². The molecule has 268 valence electrons. The highest BCUT2D eigenvalue weighted by atomic mass is 15.3. The summed E-state index contributed by atoms with van der Waals surface area (Å²) in [5.41, 5.74) is 26.5. The maximum Gasteiger partial charge on any atom is 0.247 e. The fourth-order valence-corrected chi connectivity index (χ4v) is 11.1. The molecule has 0 atom stereocenters. The lowest BCUT2D eigenvalue weighted by Gasteiger charge is -2.49. The van der Waals surface area contributed by atoms with Gasteiger partial charge < -0.3 is 9.80 Å². The molecule has 0 aromatic heterocycles. The molecule has 3 heterocycles. The van der Waals surface area contributed by atoms with Crippen LogP contribution in [0.15, 0.2) is 121 Å². The van der Waals surface area contributed by atoms with E-state index in [1.807, 2.05) is 0 Å². The molecule has 2 nitrogen and oxygen atoms in total. The van der Waals surface area contributed by atoms with Gasteiger partial charge in [0.25, 0.3) is 0 Å². The van der Waals surface area contributed by atoms with Crippen LogP contribution in [0.4, 0.5) is 34.1 Å². The van der Waals surface area contributed by atoms with Crippen LogP contribution in [0.2, 0.25) is 0 Å². The molecule has 0 radical (unpaired) electrons. The monoisotopic (exact) mass is 718 g/mol. The molecule has 8 aromatic rings. The lowest BCUT2D eigenvalue weighted by molar-refractivity contribution is 1.18. The number of rotatable bonds is 2. The van der Waals surface area contributed by atoms with Crippen molar-refractivity contribution in [3.05, 3.63) is 166 Å². The maximum absolute atomic E-state index is 2.63. The van der Waals surface area contributed by atoms with Gasteiger partial charge in [0.1, 0.15) is 0 Å². The van der Waals surface area contributed by atoms with Crippen LogP contribution in [0.1, 0.15) is 44.5 Å². The lowest BCUT2D eigenvalue weighted by atomic mass is 9.33. The summed E-state index contributed by atoms with van der Waals surface area (Å²) in [5.74, 6) is 0. The summed E-state index contributed by atoms with van der Waals surface area (Å²) < 4.78 is 0. The van der Waals surface area contributed by atoms with Crippen molar-refractivity contribution in [2.24, 2.45) is 0 Å². The first-order valence-electron chi connectivity index (χ1n) is 20.2. The first-order valence-corrected chi connectivity index (χ1v) is 20.2. The Hall–Kier alpha value is -5.99. The van der Waals surface area contributed by atoms with Gasteiger partial charge in [-0.1, -0.05) is 152 Å². The second-order valence-corrected chi connectivity index (χ2v) is 17.1. The fourth-order valence-electron chi connectivity index (χ4n) is 11.1. The van der Waals surface area contributed by atoms with Crippen molar-refractivity contribution in [2.45, 2.75) is 55.4 Å². The smallest absolute Gasteiger partial charge is 0.247 e. The zero-order chi connectivity index (χ0) is 38.3. The molecule has 3 aliphatic heterocycles. The summed E-state index contributed by atoms with van der Waals surface area (Å²) in [6, 6.07) is 47.5. The molecule has 0 saturated carbocycles. The Morgan fingerprint density at radius 2 is 0.714 bits per heavy atom. The van der Waals surface area contributed by atoms with Crippen LogP contribution in [0.3, 0.4) is 0 Å². The average Bonchev–Trinajstić information content (AvgIpc) is 3.15. The largest absolute Gasteiger partial charge is 0.307 e. The normalized spacial score (nSPS) is 13.6. The van der Waals surface area contributed by atoms with E-state index in [1.165, 1.54) is 133 Å². The van der Waals surface area contributed by atoms with Gasteiger partial charge in [-0.2, -0.15) is 0 Å². The van der Waals surface area contributed by atoms with Crippen molar-refractivity contribution in [3.63, 3.8) is 0 Å². The predicted molar refractivity (Wildman–Crippen MR) is 244 cm³/mol. The Morgan fingerprint density at radius 3 is 1.11 bits per heavy atom. The van der Waals surface area contributed by atoms with Crippen molar-refractivity contribution < 1.29 is 0 Å². The van der Waals surface area contributed by atoms with Gasteiger partial charge in [0.2, 0.25) is 13.4 Å². The first-order chi connectivity index (χ1) is 27.0. The van der Waals surface area contributed by atoms with E-state index < -0.39 is 0 Å². The van der Waals surface area contributed by atoms with E-state index in [1.54, 1.807) is 0 Å². The van der Waals surface area contributed by atoms with Gasteiger partial charge in [0, 0.05) is 11.4 Å². The Kier molecular flexibility index (Phi) is 7.00. The van der Waals surface area contributed by atoms with Crippen LogP contribution in [0, 0.1) is 55.4 Å². The van der Waals surface area contributed by atoms with Crippen LogP contribution < -0.4 is 42.6 Å². The van der Waals surface area contributed by atoms with E-state index in [0.717, 1.165) is 0 Å². The van der Waals surface area contributed by atoms with Gasteiger partial charge in [-0.3, -0.25) is 0 Å². The third-order valence-electron chi connectivity index (χ3n) is 13.1. The van der Waals surface area contributed by atoms with Gasteiger partial charge in [-0.05, 0) is 123 Å². The zero-order valence-corrected chi connectivity index (χ0v) is 33.6. The maximum atomic E-state index is 2.63. The highest BCUT2D eigenvalue weighted by molar-refractivity contribution is 7.00. The van der Waals surface area contributed by atoms with E-state index in [9.17, 15) is 0 Å². The molecular formula is C52H44B2N2. The predicted octanol–water partition coefficient (Wildman–Crippen LogP) is 9.37. The quantitative estimate of drug-likeness (QED) is 0.165. The number of nitrogens with zero attached hydrogens (tertiary/aromatic N) is 2. The molecule has 0 fully saturated rings. The van der Waals surface area contributed by atoms with Crippen LogP contribution in [-0.4, -0.2) is 13.4 Å². The molecule has 0 spiro atoms. The van der Waals surface area contributed by atoms with Gasteiger partial charge in [0.15, 0.2) is 0 Å². The molecule has 4 heteroatoms. The van der Waals surface area contributed by atoms with Gasteiger partial charge in [-0.15, -0.1) is 0 Å². The van der Waals surface area contributed by atoms with E-state index in [0.29, 0.717) is 0 Å². The average molecular weight is 719 g/mol. The number of aryl methyl sites for hydroxylation is 8. The molecule has 3 aliphatic rings. The number of benzene rings is 8. The van der Waals surface area contributed by atoms with E-state index in [-0.39, 0.29) is 13.4 Å². The topological polar surface area (TPSA) is 6.48 Å². The van der Waals surface area contributed by atoms with Crippen LogP contribution in [0.25, 0.3) is 21.5 Å². The summed E-state index contributed by atoms with van der Waals surface area (Å²) >= 11 is 0. The number of para-hydroxylation sites is 2. The minimum absolute atomic E-state index is 0.0842. The standard InChI is InChI=1S/C52H44B2N2/c1-29-15-17-37-27-47-43(25-39(37)23-29)53(49-33(5)19-31(3)20-34(49)6)41-11-9-14-46-51(41)55(47)45-13-10-12-42-52(45)56(46)48-28-38-18-16-30(2)24-40(38)26-44(48)54(42)50-35(7)21-32(4)22-36(50)8/h9-28H,1-8H3. The van der Waals surface area contributed by atoms with E-state index >= 15 is 0 Å². The lowest BCUT2D eigenvalue weighted by Crippen LogP contribution is -2.61. The third kappa shape index (κ3) is 4.59. The Labute approximate surface area is 331 Å². The van der Waals surface area contributed by atoms with Crippen molar-refractivity contribution in [2.75, 3.05) is 9.80 Å². The van der Waals surface area contributed by atoms with Crippen LogP contribution >= 0.6 is 0 Å². The molecule has 0 saturated heterocycles. The number of hydrogen-bond acceptors (Lipinski definition) is 2. The van der Waals surface area contributed by atoms with Gasteiger partial charge >= 0.3 is 0 Å². The third-order valence-corrected chi connectivity index (χ3v) is 13.1. The summed E-state index contributed by atoms with van der Waals surface area (Å²) in [5, 5.41) is 5.14. The first kappa shape index (κ1) is 33.4.